The van der Waals surface area contributed by atoms with Gasteiger partial charge < -0.3 is 0 Å². The minimum Gasteiger partial charge on any atom is -0.237 e. The number of rotatable bonds is 2. The van der Waals surface area contributed by atoms with E-state index in [2.05, 4.69) is 15.1 Å². The number of halogens is 2. The SMILES string of the molecule is Fc1ccc2c(-c3ccnc(Cl)n3)c(-c3ccccc3)nn2c1. The average Bonchev–Trinajstić information content (AvgIpc) is 2.94. The Hall–Kier alpha value is -2.79. The van der Waals surface area contributed by atoms with Crippen molar-refractivity contribution in [3.8, 4) is 22.5 Å². The largest absolute Gasteiger partial charge is 0.237 e. The van der Waals surface area contributed by atoms with Crippen LogP contribution in [0, 0.1) is 5.82 Å². The first-order chi connectivity index (χ1) is 11.2. The van der Waals surface area contributed by atoms with Crippen molar-refractivity contribution in [2.45, 2.75) is 0 Å². The minimum absolute atomic E-state index is 0.156. The summed E-state index contributed by atoms with van der Waals surface area (Å²) in [5.41, 5.74) is 3.82. The van der Waals surface area contributed by atoms with E-state index in [0.29, 0.717) is 11.4 Å². The summed E-state index contributed by atoms with van der Waals surface area (Å²) >= 11 is 5.93. The van der Waals surface area contributed by atoms with E-state index in [9.17, 15) is 4.39 Å². The molecular formula is C17H10ClFN4. The molecule has 0 saturated carbocycles. The van der Waals surface area contributed by atoms with E-state index in [-0.39, 0.29) is 11.1 Å². The number of benzene rings is 1. The summed E-state index contributed by atoms with van der Waals surface area (Å²) in [5, 5.41) is 4.68. The molecule has 0 spiro atoms. The molecule has 0 amide bonds. The maximum atomic E-state index is 13.5. The molecule has 23 heavy (non-hydrogen) atoms. The Balaban J connectivity index is 2.07. The van der Waals surface area contributed by atoms with Crippen LogP contribution in [0.4, 0.5) is 4.39 Å². The lowest BCUT2D eigenvalue weighted by molar-refractivity contribution is 0.615. The Kier molecular flexibility index (Phi) is 3.28. The Bertz CT molecular complexity index is 998. The summed E-state index contributed by atoms with van der Waals surface area (Å²) in [6.45, 7) is 0. The highest BCUT2D eigenvalue weighted by atomic mass is 35.5. The van der Waals surface area contributed by atoms with Gasteiger partial charge in [-0.2, -0.15) is 5.10 Å². The molecule has 112 valence electrons. The molecule has 0 radical (unpaired) electrons. The van der Waals surface area contributed by atoms with Crippen LogP contribution in [0.15, 0.2) is 60.9 Å². The molecule has 0 bridgehead atoms. The van der Waals surface area contributed by atoms with Crippen LogP contribution in [0.2, 0.25) is 5.28 Å². The Morgan fingerprint density at radius 2 is 1.83 bits per heavy atom. The fourth-order valence-corrected chi connectivity index (χ4v) is 2.70. The standard InChI is InChI=1S/C17H10ClFN4/c18-17-20-9-8-13(21-17)15-14-7-6-12(19)10-23(14)22-16(15)11-4-2-1-3-5-11/h1-10H. The second kappa shape index (κ2) is 5.44. The first-order valence-corrected chi connectivity index (χ1v) is 7.32. The topological polar surface area (TPSA) is 43.1 Å². The van der Waals surface area contributed by atoms with E-state index < -0.39 is 0 Å². The molecule has 0 fully saturated rings. The number of aromatic nitrogens is 4. The van der Waals surface area contributed by atoms with Crippen LogP contribution in [0.25, 0.3) is 28.0 Å². The van der Waals surface area contributed by atoms with Gasteiger partial charge in [0.05, 0.1) is 23.0 Å². The van der Waals surface area contributed by atoms with E-state index >= 15 is 0 Å². The van der Waals surface area contributed by atoms with E-state index in [0.717, 1.165) is 16.6 Å². The van der Waals surface area contributed by atoms with Crippen molar-refractivity contribution in [2.24, 2.45) is 0 Å². The van der Waals surface area contributed by atoms with Crippen molar-refractivity contribution in [1.82, 2.24) is 19.6 Å². The van der Waals surface area contributed by atoms with Gasteiger partial charge in [-0.25, -0.2) is 18.9 Å². The molecule has 0 N–H and O–H groups in total. The van der Waals surface area contributed by atoms with E-state index in [1.165, 1.54) is 16.8 Å². The molecule has 4 rings (SSSR count). The molecule has 3 aromatic heterocycles. The number of fused-ring (bicyclic) bond motifs is 1. The first-order valence-electron chi connectivity index (χ1n) is 6.94. The summed E-state index contributed by atoms with van der Waals surface area (Å²) in [6.07, 6.45) is 2.93. The summed E-state index contributed by atoms with van der Waals surface area (Å²) in [6, 6.07) is 14.5. The van der Waals surface area contributed by atoms with Crippen LogP contribution in [0.3, 0.4) is 0 Å². The highest BCUT2D eigenvalue weighted by molar-refractivity contribution is 6.28. The van der Waals surface area contributed by atoms with Gasteiger partial charge in [0.15, 0.2) is 0 Å². The van der Waals surface area contributed by atoms with Crippen molar-refractivity contribution in [1.29, 1.82) is 0 Å². The Morgan fingerprint density at radius 3 is 2.61 bits per heavy atom. The molecule has 0 atom stereocenters. The minimum atomic E-state index is -0.355. The van der Waals surface area contributed by atoms with Gasteiger partial charge in [0.1, 0.15) is 11.5 Å². The highest BCUT2D eigenvalue weighted by Crippen LogP contribution is 2.34. The predicted octanol–water partition coefficient (Wildman–Crippen LogP) is 4.25. The summed E-state index contributed by atoms with van der Waals surface area (Å²) in [7, 11) is 0. The van der Waals surface area contributed by atoms with Gasteiger partial charge >= 0.3 is 0 Å². The van der Waals surface area contributed by atoms with E-state index in [4.69, 9.17) is 11.6 Å². The third-order valence-corrected chi connectivity index (χ3v) is 3.71. The summed E-state index contributed by atoms with van der Waals surface area (Å²) < 4.78 is 15.1. The van der Waals surface area contributed by atoms with Gasteiger partial charge in [0, 0.05) is 11.8 Å². The van der Waals surface area contributed by atoms with Crippen LogP contribution in [0.5, 0.6) is 0 Å². The van der Waals surface area contributed by atoms with Gasteiger partial charge in [-0.05, 0) is 29.8 Å². The van der Waals surface area contributed by atoms with Crippen molar-refractivity contribution < 1.29 is 4.39 Å². The zero-order valence-electron chi connectivity index (χ0n) is 11.8. The maximum Gasteiger partial charge on any atom is 0.222 e. The molecular weight excluding hydrogens is 315 g/mol. The van der Waals surface area contributed by atoms with E-state index in [1.54, 1.807) is 18.3 Å². The Labute approximate surface area is 136 Å². The van der Waals surface area contributed by atoms with Crippen LogP contribution >= 0.6 is 11.6 Å². The molecule has 4 aromatic rings. The lowest BCUT2D eigenvalue weighted by Gasteiger charge is -2.03. The number of hydrogen-bond donors (Lipinski definition) is 0. The molecule has 1 aromatic carbocycles. The quantitative estimate of drug-likeness (QED) is 0.518. The van der Waals surface area contributed by atoms with Crippen LogP contribution in [-0.4, -0.2) is 19.6 Å². The fourth-order valence-electron chi connectivity index (χ4n) is 2.55. The molecule has 3 heterocycles. The molecule has 0 aliphatic carbocycles. The fraction of sp³-hybridized carbons (Fsp3) is 0. The molecule has 0 unspecified atom stereocenters. The zero-order chi connectivity index (χ0) is 15.8. The van der Waals surface area contributed by atoms with Crippen molar-refractivity contribution in [3.05, 3.63) is 72.0 Å². The molecule has 6 heteroatoms. The lowest BCUT2D eigenvalue weighted by atomic mass is 10.0. The summed E-state index contributed by atoms with van der Waals surface area (Å²) in [4.78, 5) is 8.20. The van der Waals surface area contributed by atoms with E-state index in [1.807, 2.05) is 30.3 Å². The zero-order valence-corrected chi connectivity index (χ0v) is 12.6. The van der Waals surface area contributed by atoms with Crippen molar-refractivity contribution >= 4 is 17.1 Å². The normalized spacial score (nSPS) is 11.0. The maximum absolute atomic E-state index is 13.5. The lowest BCUT2D eigenvalue weighted by Crippen LogP contribution is -1.89. The van der Waals surface area contributed by atoms with Gasteiger partial charge in [0.2, 0.25) is 5.28 Å². The number of hydrogen-bond acceptors (Lipinski definition) is 3. The smallest absolute Gasteiger partial charge is 0.222 e. The number of pyridine rings is 1. The molecule has 0 aliphatic rings. The molecule has 4 nitrogen and oxygen atoms in total. The first kappa shape index (κ1) is 13.8. The van der Waals surface area contributed by atoms with Gasteiger partial charge in [-0.15, -0.1) is 0 Å². The average molecular weight is 325 g/mol. The number of nitrogens with zero attached hydrogens (tertiary/aromatic N) is 4. The van der Waals surface area contributed by atoms with Crippen LogP contribution < -0.4 is 0 Å². The van der Waals surface area contributed by atoms with Gasteiger partial charge in [-0.1, -0.05) is 30.3 Å². The Morgan fingerprint density at radius 1 is 1.00 bits per heavy atom. The molecule has 0 aliphatic heterocycles. The highest BCUT2D eigenvalue weighted by Gasteiger charge is 2.18. The van der Waals surface area contributed by atoms with Gasteiger partial charge in [-0.3, -0.25) is 0 Å². The van der Waals surface area contributed by atoms with Gasteiger partial charge in [0.25, 0.3) is 0 Å². The van der Waals surface area contributed by atoms with Crippen molar-refractivity contribution in [2.75, 3.05) is 0 Å². The monoisotopic (exact) mass is 324 g/mol. The molecule has 0 saturated heterocycles. The van der Waals surface area contributed by atoms with Crippen molar-refractivity contribution in [3.63, 3.8) is 0 Å². The van der Waals surface area contributed by atoms with Crippen LogP contribution in [-0.2, 0) is 0 Å². The second-order valence-electron chi connectivity index (χ2n) is 4.98. The van der Waals surface area contributed by atoms with Crippen LogP contribution in [0.1, 0.15) is 0 Å². The third-order valence-electron chi connectivity index (χ3n) is 3.52. The second-order valence-corrected chi connectivity index (χ2v) is 5.32. The summed E-state index contributed by atoms with van der Waals surface area (Å²) in [5.74, 6) is -0.355. The third kappa shape index (κ3) is 2.45. The predicted molar refractivity (Wildman–Crippen MR) is 86.6 cm³/mol.